The van der Waals surface area contributed by atoms with Gasteiger partial charge in [0.2, 0.25) is 0 Å². The van der Waals surface area contributed by atoms with Crippen LogP contribution in [-0.4, -0.2) is 12.6 Å². The molecule has 3 unspecified atom stereocenters. The average Bonchev–Trinajstić information content (AvgIpc) is 2.91. The van der Waals surface area contributed by atoms with Crippen molar-refractivity contribution in [2.45, 2.75) is 45.4 Å². The van der Waals surface area contributed by atoms with Crippen LogP contribution < -0.4 is 0 Å². The maximum absolute atomic E-state index is 11.0. The number of ether oxygens (including phenoxy) is 1. The third-order valence-electron chi connectivity index (χ3n) is 4.61. The zero-order valence-electron chi connectivity index (χ0n) is 10.9. The molecule has 0 bridgehead atoms. The molecule has 0 N–H and O–H groups in total. The van der Waals surface area contributed by atoms with Gasteiger partial charge in [-0.1, -0.05) is 26.3 Å². The molecule has 2 rings (SSSR count). The highest BCUT2D eigenvalue weighted by Gasteiger charge is 2.39. The number of carbonyl (C=O) groups is 1. The normalized spacial score (nSPS) is 33.1. The van der Waals surface area contributed by atoms with Gasteiger partial charge in [-0.25, -0.2) is 4.79 Å². The van der Waals surface area contributed by atoms with Crippen LogP contribution in [0, 0.1) is 23.7 Å². The SMILES string of the molecule is C=CC(=O)OCC(C)CC1CC[C@H]2CCCC12. The molecule has 0 aliphatic heterocycles. The van der Waals surface area contributed by atoms with Crippen LogP contribution in [0.3, 0.4) is 0 Å². The fourth-order valence-corrected chi connectivity index (χ4v) is 3.85. The number of carbonyl (C=O) groups excluding carboxylic acids is 1. The van der Waals surface area contributed by atoms with Crippen molar-refractivity contribution in [1.82, 2.24) is 0 Å². The lowest BCUT2D eigenvalue weighted by molar-refractivity contribution is -0.139. The zero-order chi connectivity index (χ0) is 12.3. The number of hydrogen-bond acceptors (Lipinski definition) is 2. The van der Waals surface area contributed by atoms with Crippen LogP contribution in [0.1, 0.15) is 45.4 Å². The molecule has 0 amide bonds. The van der Waals surface area contributed by atoms with Crippen molar-refractivity contribution < 1.29 is 9.53 Å². The molecule has 0 heterocycles. The highest BCUT2D eigenvalue weighted by atomic mass is 16.5. The van der Waals surface area contributed by atoms with E-state index in [1.807, 2.05) is 0 Å². The van der Waals surface area contributed by atoms with Gasteiger partial charge >= 0.3 is 5.97 Å². The maximum atomic E-state index is 11.0. The van der Waals surface area contributed by atoms with Crippen LogP contribution in [0.15, 0.2) is 12.7 Å². The minimum absolute atomic E-state index is 0.290. The second-order valence-corrected chi connectivity index (χ2v) is 5.87. The summed E-state index contributed by atoms with van der Waals surface area (Å²) in [6.45, 7) is 6.16. The molecule has 0 saturated heterocycles. The van der Waals surface area contributed by atoms with E-state index in [-0.39, 0.29) is 5.97 Å². The Bertz CT molecular complexity index is 285. The van der Waals surface area contributed by atoms with E-state index in [2.05, 4.69) is 13.5 Å². The largest absolute Gasteiger partial charge is 0.462 e. The fourth-order valence-electron chi connectivity index (χ4n) is 3.85. The molecule has 2 aliphatic carbocycles. The first-order valence-electron chi connectivity index (χ1n) is 7.00. The summed E-state index contributed by atoms with van der Waals surface area (Å²) in [5, 5.41) is 0. The molecule has 0 aromatic heterocycles. The Morgan fingerprint density at radius 2 is 2.24 bits per heavy atom. The van der Waals surface area contributed by atoms with Gasteiger partial charge in [-0.05, 0) is 49.4 Å². The molecule has 0 aromatic carbocycles. The highest BCUT2D eigenvalue weighted by molar-refractivity contribution is 5.81. The van der Waals surface area contributed by atoms with Gasteiger partial charge in [-0.3, -0.25) is 0 Å². The molecule has 96 valence electrons. The summed E-state index contributed by atoms with van der Waals surface area (Å²) in [6.07, 6.45) is 9.64. The molecule has 0 spiro atoms. The predicted octanol–water partition coefficient (Wildman–Crippen LogP) is 3.57. The van der Waals surface area contributed by atoms with E-state index in [9.17, 15) is 4.79 Å². The Morgan fingerprint density at radius 3 is 3.00 bits per heavy atom. The first-order valence-corrected chi connectivity index (χ1v) is 7.00. The molecular weight excluding hydrogens is 212 g/mol. The van der Waals surface area contributed by atoms with Crippen LogP contribution in [0.25, 0.3) is 0 Å². The van der Waals surface area contributed by atoms with Crippen LogP contribution >= 0.6 is 0 Å². The van der Waals surface area contributed by atoms with Crippen molar-refractivity contribution >= 4 is 5.97 Å². The Morgan fingerprint density at radius 1 is 1.41 bits per heavy atom. The van der Waals surface area contributed by atoms with Gasteiger partial charge in [0.15, 0.2) is 0 Å². The van der Waals surface area contributed by atoms with E-state index >= 15 is 0 Å². The first kappa shape index (κ1) is 12.7. The van der Waals surface area contributed by atoms with Crippen molar-refractivity contribution in [1.29, 1.82) is 0 Å². The van der Waals surface area contributed by atoms with Gasteiger partial charge in [0, 0.05) is 6.08 Å². The average molecular weight is 236 g/mol. The summed E-state index contributed by atoms with van der Waals surface area (Å²) in [7, 11) is 0. The predicted molar refractivity (Wildman–Crippen MR) is 68.5 cm³/mol. The summed E-state index contributed by atoms with van der Waals surface area (Å²) < 4.78 is 5.12. The molecular formula is C15H24O2. The second-order valence-electron chi connectivity index (χ2n) is 5.87. The van der Waals surface area contributed by atoms with E-state index < -0.39 is 0 Å². The summed E-state index contributed by atoms with van der Waals surface area (Å²) >= 11 is 0. The Balaban J connectivity index is 1.73. The molecule has 0 aromatic rings. The lowest BCUT2D eigenvalue weighted by atomic mass is 9.85. The van der Waals surface area contributed by atoms with Crippen LogP contribution in [0.2, 0.25) is 0 Å². The fraction of sp³-hybridized carbons (Fsp3) is 0.800. The monoisotopic (exact) mass is 236 g/mol. The molecule has 4 atom stereocenters. The van der Waals surface area contributed by atoms with Gasteiger partial charge in [-0.2, -0.15) is 0 Å². The number of hydrogen-bond donors (Lipinski definition) is 0. The summed E-state index contributed by atoms with van der Waals surface area (Å²) in [4.78, 5) is 11.0. The van der Waals surface area contributed by atoms with Crippen LogP contribution in [0.4, 0.5) is 0 Å². The number of fused-ring (bicyclic) bond motifs is 1. The summed E-state index contributed by atoms with van der Waals surface area (Å²) in [5.74, 6) is 3.08. The Hall–Kier alpha value is -0.790. The summed E-state index contributed by atoms with van der Waals surface area (Å²) in [6, 6.07) is 0. The topological polar surface area (TPSA) is 26.3 Å². The minimum atomic E-state index is -0.290. The van der Waals surface area contributed by atoms with Gasteiger partial charge in [0.05, 0.1) is 6.61 Å². The minimum Gasteiger partial charge on any atom is -0.462 e. The molecule has 2 aliphatic rings. The number of rotatable bonds is 5. The lowest BCUT2D eigenvalue weighted by Gasteiger charge is -2.22. The quantitative estimate of drug-likeness (QED) is 0.539. The lowest BCUT2D eigenvalue weighted by Crippen LogP contribution is -2.17. The third-order valence-corrected chi connectivity index (χ3v) is 4.61. The molecule has 2 heteroatoms. The molecule has 17 heavy (non-hydrogen) atoms. The standard InChI is InChI=1S/C15H24O2/c1-3-15(16)17-10-11(2)9-13-8-7-12-5-4-6-14(12)13/h3,11-14H,1,4-10H2,2H3/t11?,12-,13?,14?/m1/s1. The van der Waals surface area contributed by atoms with Gasteiger partial charge in [0.1, 0.15) is 0 Å². The van der Waals surface area contributed by atoms with E-state index in [0.717, 1.165) is 17.8 Å². The van der Waals surface area contributed by atoms with E-state index in [1.54, 1.807) is 0 Å². The van der Waals surface area contributed by atoms with E-state index in [0.29, 0.717) is 12.5 Å². The zero-order valence-corrected chi connectivity index (χ0v) is 10.9. The van der Waals surface area contributed by atoms with Crippen LogP contribution in [-0.2, 0) is 9.53 Å². The van der Waals surface area contributed by atoms with Crippen molar-refractivity contribution in [2.75, 3.05) is 6.61 Å². The molecule has 2 saturated carbocycles. The molecule has 0 radical (unpaired) electrons. The Labute approximate surface area is 104 Å². The van der Waals surface area contributed by atoms with Crippen molar-refractivity contribution in [3.63, 3.8) is 0 Å². The van der Waals surface area contributed by atoms with Gasteiger partial charge in [0.25, 0.3) is 0 Å². The second kappa shape index (κ2) is 5.70. The van der Waals surface area contributed by atoms with E-state index in [4.69, 9.17) is 4.74 Å². The molecule has 2 nitrogen and oxygen atoms in total. The van der Waals surface area contributed by atoms with E-state index in [1.165, 1.54) is 44.6 Å². The smallest absolute Gasteiger partial charge is 0.330 e. The maximum Gasteiger partial charge on any atom is 0.330 e. The Kier molecular flexibility index (Phi) is 4.25. The third kappa shape index (κ3) is 3.11. The highest BCUT2D eigenvalue weighted by Crippen LogP contribution is 2.49. The van der Waals surface area contributed by atoms with Crippen molar-refractivity contribution in [3.8, 4) is 0 Å². The van der Waals surface area contributed by atoms with Crippen molar-refractivity contribution in [3.05, 3.63) is 12.7 Å². The van der Waals surface area contributed by atoms with Gasteiger partial charge < -0.3 is 4.74 Å². The molecule has 2 fully saturated rings. The number of esters is 1. The van der Waals surface area contributed by atoms with Crippen molar-refractivity contribution in [2.24, 2.45) is 23.7 Å². The first-order chi connectivity index (χ1) is 8.20. The van der Waals surface area contributed by atoms with Crippen LogP contribution in [0.5, 0.6) is 0 Å². The van der Waals surface area contributed by atoms with Gasteiger partial charge in [-0.15, -0.1) is 0 Å². The summed E-state index contributed by atoms with van der Waals surface area (Å²) in [5.41, 5.74) is 0.